The standard InChI is InChI=1S/C24H34N2O5.C24H32N2O5/c2*1-6-15-12-26-10-9-24(28)20-18(8-7-14(2)21(20)30-4)25-22(24)19(26)11-16(15)17(13-29-3)23(27)31-5/h7-8,13,15-16,19,22,25,28H,6,9-12H2,1-5H3;7-8,13,15-16,19,28H,6,9-12H2,1-5H3/b2*17-13+/t15-,16+,19+,22-,24+;15-,16+,19+,24+/m11/s1. The van der Waals surface area contributed by atoms with Gasteiger partial charge in [-0.1, -0.05) is 38.8 Å². The Balaban J connectivity index is 0.000000186. The predicted molar refractivity (Wildman–Crippen MR) is 236 cm³/mol. The van der Waals surface area contributed by atoms with Crippen LogP contribution < -0.4 is 14.8 Å². The molecule has 0 unspecified atom stereocenters. The number of esters is 2. The smallest absolute Gasteiger partial charge is 0.337 e. The van der Waals surface area contributed by atoms with Gasteiger partial charge in [0.1, 0.15) is 22.7 Å². The zero-order chi connectivity index (χ0) is 44.7. The van der Waals surface area contributed by atoms with Crippen LogP contribution in [0.25, 0.3) is 0 Å². The molecule has 8 rings (SSSR count). The van der Waals surface area contributed by atoms with Gasteiger partial charge in [-0.2, -0.15) is 0 Å². The lowest BCUT2D eigenvalue weighted by atomic mass is 9.69. The van der Waals surface area contributed by atoms with E-state index in [1.165, 1.54) is 26.7 Å². The van der Waals surface area contributed by atoms with Gasteiger partial charge >= 0.3 is 11.9 Å². The third kappa shape index (κ3) is 7.54. The van der Waals surface area contributed by atoms with E-state index in [0.717, 1.165) is 90.5 Å². The van der Waals surface area contributed by atoms with Crippen LogP contribution in [0, 0.1) is 37.5 Å². The van der Waals surface area contributed by atoms with E-state index in [1.54, 1.807) is 28.4 Å². The molecule has 0 saturated carbocycles. The second kappa shape index (κ2) is 18.2. The summed E-state index contributed by atoms with van der Waals surface area (Å²) in [6.45, 7) is 11.6. The second-order valence-corrected chi connectivity index (χ2v) is 17.7. The van der Waals surface area contributed by atoms with Crippen LogP contribution in [0.4, 0.5) is 11.4 Å². The van der Waals surface area contributed by atoms with Gasteiger partial charge < -0.3 is 44.0 Å². The van der Waals surface area contributed by atoms with E-state index in [2.05, 4.69) is 29.0 Å². The van der Waals surface area contributed by atoms with E-state index in [0.29, 0.717) is 48.0 Å². The normalized spacial score (nSPS) is 31.2. The highest BCUT2D eigenvalue weighted by Crippen LogP contribution is 2.55. The molecule has 14 nitrogen and oxygen atoms in total. The number of anilines is 1. The highest BCUT2D eigenvalue weighted by atomic mass is 16.5. The third-order valence-electron chi connectivity index (χ3n) is 14.8. The zero-order valence-corrected chi connectivity index (χ0v) is 38.1. The maximum absolute atomic E-state index is 12.5. The second-order valence-electron chi connectivity index (χ2n) is 17.7. The fourth-order valence-corrected chi connectivity index (χ4v) is 11.7. The average molecular weight is 859 g/mol. The predicted octanol–water partition coefficient (Wildman–Crippen LogP) is 5.91. The minimum Gasteiger partial charge on any atom is -0.504 e. The van der Waals surface area contributed by atoms with E-state index >= 15 is 0 Å². The Morgan fingerprint density at radius 3 is 1.89 bits per heavy atom. The number of nitrogens with zero attached hydrogens (tertiary/aromatic N) is 3. The molecule has 14 heteroatoms. The summed E-state index contributed by atoms with van der Waals surface area (Å²) >= 11 is 0. The molecular formula is C48H66N4O10. The molecule has 0 radical (unpaired) electrons. The molecule has 4 saturated heterocycles. The zero-order valence-electron chi connectivity index (χ0n) is 38.1. The lowest BCUT2D eigenvalue weighted by molar-refractivity contribution is -0.138. The number of hydrogen-bond donors (Lipinski definition) is 3. The Labute approximate surface area is 366 Å². The number of rotatable bonds is 10. The summed E-state index contributed by atoms with van der Waals surface area (Å²) in [5.41, 5.74) is 5.10. The van der Waals surface area contributed by atoms with Crippen LogP contribution in [0.3, 0.4) is 0 Å². The fraction of sp³-hybridized carbons (Fsp3) is 0.604. The first kappa shape index (κ1) is 45.4. The van der Waals surface area contributed by atoms with E-state index < -0.39 is 11.2 Å². The van der Waals surface area contributed by atoms with Crippen molar-refractivity contribution in [1.82, 2.24) is 9.80 Å². The number of aliphatic imine (C=N–C) groups is 1. The van der Waals surface area contributed by atoms with Crippen LogP contribution in [0.2, 0.25) is 0 Å². The van der Waals surface area contributed by atoms with Crippen LogP contribution in [0.1, 0.15) is 74.6 Å². The summed E-state index contributed by atoms with van der Waals surface area (Å²) in [5, 5.41) is 27.4. The van der Waals surface area contributed by atoms with E-state index in [4.69, 9.17) is 33.4 Å². The molecule has 4 fully saturated rings. The van der Waals surface area contributed by atoms with Gasteiger partial charge in [-0.05, 0) is 86.5 Å². The number of carbonyl (C=O) groups is 2. The quantitative estimate of drug-likeness (QED) is 0.147. The van der Waals surface area contributed by atoms with Crippen molar-refractivity contribution in [2.75, 3.05) is 74.2 Å². The Kier molecular flexibility index (Phi) is 13.3. The summed E-state index contributed by atoms with van der Waals surface area (Å²) in [6.07, 6.45) is 7.60. The van der Waals surface area contributed by atoms with Crippen molar-refractivity contribution in [3.8, 4) is 11.5 Å². The first-order valence-corrected chi connectivity index (χ1v) is 22.1. The van der Waals surface area contributed by atoms with Crippen LogP contribution in [0.15, 0.2) is 52.9 Å². The SMILES string of the molecule is CC[C@@H]1CN2CC[C@@]3(O)C(=Nc4ccc(C)c(OC)c43)[C@@H]2C[C@@H]1/C(=C\OC)C(=O)OC.CC[C@@H]1CN2CC[C@]3(O)c4c(ccc(C)c4OC)N[C@@H]3[C@@H]2C[C@@H]1/C(=C\OC)C(=O)OC. The maximum Gasteiger partial charge on any atom is 0.337 e. The minimum atomic E-state index is -1.14. The topological polar surface area (TPSA) is 161 Å². The Hall–Kier alpha value is -4.63. The summed E-state index contributed by atoms with van der Waals surface area (Å²) in [7, 11) is 9.21. The average Bonchev–Trinajstić information content (AvgIpc) is 3.77. The number of methoxy groups -OCH3 is 6. The van der Waals surface area contributed by atoms with Gasteiger partial charge in [0.2, 0.25) is 0 Å². The molecule has 338 valence electrons. The number of aliphatic hydroxyl groups is 2. The molecule has 0 amide bonds. The number of carbonyl (C=O) groups excluding carboxylic acids is 2. The lowest BCUT2D eigenvalue weighted by Gasteiger charge is -2.53. The summed E-state index contributed by atoms with van der Waals surface area (Å²) in [4.78, 5) is 34.9. The van der Waals surface area contributed by atoms with Gasteiger partial charge in [0.05, 0.1) is 101 Å². The number of hydrogen-bond acceptors (Lipinski definition) is 14. The molecule has 0 bridgehead atoms. The van der Waals surface area contributed by atoms with E-state index in [1.807, 2.05) is 38.1 Å². The highest BCUT2D eigenvalue weighted by Gasteiger charge is 2.58. The Bertz CT molecular complexity index is 2100. The molecule has 0 aromatic heterocycles. The van der Waals surface area contributed by atoms with Crippen molar-refractivity contribution >= 4 is 29.0 Å². The molecule has 3 N–H and O–H groups in total. The summed E-state index contributed by atoms with van der Waals surface area (Å²) < 4.78 is 32.0. The van der Waals surface area contributed by atoms with Crippen molar-refractivity contribution < 1.29 is 48.2 Å². The number of fused-ring (bicyclic) bond motifs is 10. The highest BCUT2D eigenvalue weighted by molar-refractivity contribution is 6.05. The largest absolute Gasteiger partial charge is 0.504 e. The van der Waals surface area contributed by atoms with Crippen molar-refractivity contribution in [1.29, 1.82) is 0 Å². The molecule has 6 aliphatic heterocycles. The molecule has 6 aliphatic rings. The number of ether oxygens (including phenoxy) is 6. The molecule has 2 aromatic carbocycles. The van der Waals surface area contributed by atoms with Crippen molar-refractivity contribution in [2.24, 2.45) is 28.7 Å². The molecule has 2 aromatic rings. The molecule has 9 atom stereocenters. The van der Waals surface area contributed by atoms with Crippen molar-refractivity contribution in [2.45, 2.75) is 95.5 Å². The summed E-state index contributed by atoms with van der Waals surface area (Å²) in [6, 6.07) is 7.84. The number of nitrogens with one attached hydrogen (secondary N) is 1. The number of benzene rings is 2. The van der Waals surface area contributed by atoms with Gasteiger partial charge in [-0.3, -0.25) is 14.8 Å². The minimum absolute atomic E-state index is 0.00939. The molecule has 0 spiro atoms. The summed E-state index contributed by atoms with van der Waals surface area (Å²) in [5.74, 6) is 1.36. The third-order valence-corrected chi connectivity index (χ3v) is 14.8. The van der Waals surface area contributed by atoms with Crippen LogP contribution >= 0.6 is 0 Å². The first-order chi connectivity index (χ1) is 29.8. The fourth-order valence-electron chi connectivity index (χ4n) is 11.7. The molecule has 0 aliphatic carbocycles. The van der Waals surface area contributed by atoms with Crippen LogP contribution in [-0.2, 0) is 39.7 Å². The van der Waals surface area contributed by atoms with Crippen LogP contribution in [0.5, 0.6) is 11.5 Å². The van der Waals surface area contributed by atoms with Crippen molar-refractivity contribution in [3.05, 3.63) is 70.2 Å². The van der Waals surface area contributed by atoms with Gasteiger partial charge in [0.15, 0.2) is 0 Å². The maximum atomic E-state index is 12.5. The Morgan fingerprint density at radius 1 is 0.774 bits per heavy atom. The van der Waals surface area contributed by atoms with Gasteiger partial charge in [-0.15, -0.1) is 0 Å². The molecular weight excluding hydrogens is 793 g/mol. The van der Waals surface area contributed by atoms with Gasteiger partial charge in [0.25, 0.3) is 0 Å². The van der Waals surface area contributed by atoms with Crippen LogP contribution in [-0.4, -0.2) is 125 Å². The van der Waals surface area contributed by atoms with E-state index in [-0.39, 0.29) is 41.9 Å². The van der Waals surface area contributed by atoms with Gasteiger partial charge in [0, 0.05) is 37.9 Å². The number of piperidine rings is 4. The number of aryl methyl sites for hydroxylation is 2. The Morgan fingerprint density at radius 2 is 1.32 bits per heavy atom. The van der Waals surface area contributed by atoms with Gasteiger partial charge in [-0.25, -0.2) is 9.59 Å². The monoisotopic (exact) mass is 858 g/mol. The van der Waals surface area contributed by atoms with E-state index in [9.17, 15) is 19.8 Å². The lowest BCUT2D eigenvalue weighted by Crippen LogP contribution is -2.64. The molecule has 62 heavy (non-hydrogen) atoms. The first-order valence-electron chi connectivity index (χ1n) is 22.1. The molecule has 6 heterocycles. The van der Waals surface area contributed by atoms with Crippen molar-refractivity contribution in [3.63, 3.8) is 0 Å².